The van der Waals surface area contributed by atoms with Crippen molar-refractivity contribution in [3.63, 3.8) is 0 Å². The van der Waals surface area contributed by atoms with Crippen LogP contribution in [0.4, 0.5) is 0 Å². The number of para-hydroxylation sites is 1. The standard InChI is InChI=1S/C21H29N7.HI/c1-4-22-21(23-12-8-14-27-15-9-13-25-27)24-16-20-17(2)26-28(18(20)3)19-10-6-5-7-11-19;/h5-7,9-11,13,15H,4,8,12,14,16H2,1-3H3,(H2,22,23,24);1H. The van der Waals surface area contributed by atoms with Crippen molar-refractivity contribution in [2.45, 2.75) is 40.3 Å². The largest absolute Gasteiger partial charge is 0.357 e. The first-order valence-corrected chi connectivity index (χ1v) is 9.79. The van der Waals surface area contributed by atoms with Gasteiger partial charge in [0.05, 0.1) is 17.9 Å². The van der Waals surface area contributed by atoms with Crippen molar-refractivity contribution in [1.82, 2.24) is 30.2 Å². The zero-order valence-electron chi connectivity index (χ0n) is 17.3. The maximum Gasteiger partial charge on any atom is 0.191 e. The normalized spacial score (nSPS) is 11.2. The van der Waals surface area contributed by atoms with Gasteiger partial charge in [0.1, 0.15) is 0 Å². The van der Waals surface area contributed by atoms with E-state index in [2.05, 4.69) is 41.7 Å². The minimum absolute atomic E-state index is 0. The van der Waals surface area contributed by atoms with E-state index in [0.29, 0.717) is 6.54 Å². The lowest BCUT2D eigenvalue weighted by Gasteiger charge is -2.11. The number of rotatable bonds is 8. The van der Waals surface area contributed by atoms with Gasteiger partial charge in [0.15, 0.2) is 5.96 Å². The van der Waals surface area contributed by atoms with Gasteiger partial charge in [0.2, 0.25) is 0 Å². The molecular formula is C21H30IN7. The van der Waals surface area contributed by atoms with Gasteiger partial charge in [0.25, 0.3) is 0 Å². The zero-order chi connectivity index (χ0) is 19.8. The highest BCUT2D eigenvalue weighted by atomic mass is 127. The number of halogens is 1. The van der Waals surface area contributed by atoms with E-state index < -0.39 is 0 Å². The summed E-state index contributed by atoms with van der Waals surface area (Å²) < 4.78 is 3.93. The molecule has 0 spiro atoms. The highest BCUT2D eigenvalue weighted by molar-refractivity contribution is 14.0. The second-order valence-electron chi connectivity index (χ2n) is 6.64. The third-order valence-corrected chi connectivity index (χ3v) is 4.60. The van der Waals surface area contributed by atoms with E-state index in [-0.39, 0.29) is 24.0 Å². The number of benzene rings is 1. The van der Waals surface area contributed by atoms with Crippen LogP contribution >= 0.6 is 24.0 Å². The summed E-state index contributed by atoms with van der Waals surface area (Å²) >= 11 is 0. The average Bonchev–Trinajstić information content (AvgIpc) is 3.32. The van der Waals surface area contributed by atoms with Crippen LogP contribution in [0.25, 0.3) is 5.69 Å². The molecule has 3 aromatic rings. The Morgan fingerprint density at radius 1 is 1.10 bits per heavy atom. The fourth-order valence-electron chi connectivity index (χ4n) is 3.10. The van der Waals surface area contributed by atoms with Crippen LogP contribution in [0.1, 0.15) is 30.3 Å². The number of hydrogen-bond donors (Lipinski definition) is 2. The first-order chi connectivity index (χ1) is 13.7. The molecule has 2 heterocycles. The zero-order valence-corrected chi connectivity index (χ0v) is 19.6. The van der Waals surface area contributed by atoms with Crippen LogP contribution in [-0.2, 0) is 13.1 Å². The molecule has 7 nitrogen and oxygen atoms in total. The topological polar surface area (TPSA) is 72.1 Å². The van der Waals surface area contributed by atoms with E-state index in [1.165, 1.54) is 0 Å². The molecule has 2 aromatic heterocycles. The second kappa shape index (κ2) is 11.6. The third kappa shape index (κ3) is 6.31. The summed E-state index contributed by atoms with van der Waals surface area (Å²) in [6.07, 6.45) is 4.77. The van der Waals surface area contributed by atoms with Crippen molar-refractivity contribution in [2.24, 2.45) is 4.99 Å². The molecule has 8 heteroatoms. The smallest absolute Gasteiger partial charge is 0.191 e. The quantitative estimate of drug-likeness (QED) is 0.212. The van der Waals surface area contributed by atoms with Crippen molar-refractivity contribution in [1.29, 1.82) is 0 Å². The summed E-state index contributed by atoms with van der Waals surface area (Å²) in [5.41, 5.74) is 4.38. The van der Waals surface area contributed by atoms with Gasteiger partial charge in [-0.1, -0.05) is 18.2 Å². The molecule has 0 aliphatic rings. The van der Waals surface area contributed by atoms with Crippen LogP contribution in [0.15, 0.2) is 53.8 Å². The molecule has 0 atom stereocenters. The molecule has 0 bridgehead atoms. The van der Waals surface area contributed by atoms with Gasteiger partial charge >= 0.3 is 0 Å². The predicted octanol–water partition coefficient (Wildman–Crippen LogP) is 3.45. The first kappa shape index (κ1) is 22.9. The Hall–Kier alpha value is -2.36. The lowest BCUT2D eigenvalue weighted by atomic mass is 10.2. The fourth-order valence-corrected chi connectivity index (χ4v) is 3.10. The number of nitrogens with one attached hydrogen (secondary N) is 2. The summed E-state index contributed by atoms with van der Waals surface area (Å²) in [6, 6.07) is 12.1. The minimum Gasteiger partial charge on any atom is -0.357 e. The van der Waals surface area contributed by atoms with Crippen LogP contribution in [0.3, 0.4) is 0 Å². The summed E-state index contributed by atoms with van der Waals surface area (Å²) in [7, 11) is 0. The van der Waals surface area contributed by atoms with Gasteiger partial charge < -0.3 is 10.6 Å². The highest BCUT2D eigenvalue weighted by Crippen LogP contribution is 2.18. The Balaban J connectivity index is 0.00000300. The van der Waals surface area contributed by atoms with Crippen molar-refractivity contribution in [3.8, 4) is 5.69 Å². The molecule has 1 aromatic carbocycles. The lowest BCUT2D eigenvalue weighted by Crippen LogP contribution is -2.38. The molecule has 0 radical (unpaired) electrons. The number of aromatic nitrogens is 4. The maximum atomic E-state index is 4.77. The molecule has 2 N–H and O–H groups in total. The molecule has 0 aliphatic heterocycles. The predicted molar refractivity (Wildman–Crippen MR) is 128 cm³/mol. The van der Waals surface area contributed by atoms with Crippen LogP contribution in [0.5, 0.6) is 0 Å². The van der Waals surface area contributed by atoms with E-state index in [4.69, 9.17) is 10.1 Å². The van der Waals surface area contributed by atoms with E-state index in [1.54, 1.807) is 6.20 Å². The average molecular weight is 507 g/mol. The van der Waals surface area contributed by atoms with E-state index in [9.17, 15) is 0 Å². The van der Waals surface area contributed by atoms with Crippen molar-refractivity contribution in [2.75, 3.05) is 13.1 Å². The van der Waals surface area contributed by atoms with Gasteiger partial charge in [0, 0.05) is 43.3 Å². The summed E-state index contributed by atoms with van der Waals surface area (Å²) in [6.45, 7) is 9.37. The second-order valence-corrected chi connectivity index (χ2v) is 6.64. The number of guanidine groups is 1. The highest BCUT2D eigenvalue weighted by Gasteiger charge is 2.12. The third-order valence-electron chi connectivity index (χ3n) is 4.60. The summed E-state index contributed by atoms with van der Waals surface area (Å²) in [4.78, 5) is 4.77. The molecule has 0 saturated carbocycles. The Kier molecular flexibility index (Phi) is 9.17. The molecule has 0 aliphatic carbocycles. The number of aryl methyl sites for hydroxylation is 2. The van der Waals surface area contributed by atoms with Crippen LogP contribution in [0, 0.1) is 13.8 Å². The van der Waals surface area contributed by atoms with E-state index in [1.807, 2.05) is 46.7 Å². The maximum absolute atomic E-state index is 4.77. The molecular weight excluding hydrogens is 477 g/mol. The molecule has 29 heavy (non-hydrogen) atoms. The number of nitrogens with zero attached hydrogens (tertiary/aromatic N) is 5. The Bertz CT molecular complexity index is 885. The SMILES string of the molecule is CCNC(=NCc1c(C)nn(-c2ccccc2)c1C)NCCCn1cccn1.I. The van der Waals surface area contributed by atoms with Gasteiger partial charge in [-0.3, -0.25) is 4.68 Å². The molecule has 3 rings (SSSR count). The van der Waals surface area contributed by atoms with Crippen molar-refractivity contribution >= 4 is 29.9 Å². The van der Waals surface area contributed by atoms with Gasteiger partial charge in [-0.2, -0.15) is 10.2 Å². The Morgan fingerprint density at radius 2 is 1.90 bits per heavy atom. The van der Waals surface area contributed by atoms with E-state index in [0.717, 1.165) is 54.7 Å². The van der Waals surface area contributed by atoms with Gasteiger partial charge in [-0.15, -0.1) is 24.0 Å². The molecule has 0 unspecified atom stereocenters. The molecule has 156 valence electrons. The van der Waals surface area contributed by atoms with Gasteiger partial charge in [-0.25, -0.2) is 9.67 Å². The molecule has 0 fully saturated rings. The van der Waals surface area contributed by atoms with Crippen LogP contribution in [-0.4, -0.2) is 38.6 Å². The molecule has 0 amide bonds. The fraction of sp³-hybridized carbons (Fsp3) is 0.381. The van der Waals surface area contributed by atoms with Crippen LogP contribution in [0.2, 0.25) is 0 Å². The van der Waals surface area contributed by atoms with Crippen molar-refractivity contribution in [3.05, 3.63) is 65.7 Å². The first-order valence-electron chi connectivity index (χ1n) is 9.79. The number of hydrogen-bond acceptors (Lipinski definition) is 3. The van der Waals surface area contributed by atoms with Crippen molar-refractivity contribution < 1.29 is 0 Å². The summed E-state index contributed by atoms with van der Waals surface area (Å²) in [5.74, 6) is 0.828. The Morgan fingerprint density at radius 3 is 2.59 bits per heavy atom. The minimum atomic E-state index is 0. The van der Waals surface area contributed by atoms with Gasteiger partial charge in [-0.05, 0) is 45.4 Å². The monoisotopic (exact) mass is 507 g/mol. The molecule has 0 saturated heterocycles. The number of aliphatic imine (C=N–C) groups is 1. The van der Waals surface area contributed by atoms with E-state index >= 15 is 0 Å². The Labute approximate surface area is 189 Å². The van der Waals surface area contributed by atoms with Crippen LogP contribution < -0.4 is 10.6 Å². The summed E-state index contributed by atoms with van der Waals surface area (Å²) in [5, 5.41) is 15.6. The lowest BCUT2D eigenvalue weighted by molar-refractivity contribution is 0.570.